The summed E-state index contributed by atoms with van der Waals surface area (Å²) in [5.41, 5.74) is 0.822. The van der Waals surface area contributed by atoms with Gasteiger partial charge in [0.2, 0.25) is 0 Å². The van der Waals surface area contributed by atoms with Crippen molar-refractivity contribution in [3.8, 4) is 0 Å². The van der Waals surface area contributed by atoms with Gasteiger partial charge in [-0.2, -0.15) is 0 Å². The fourth-order valence-corrected chi connectivity index (χ4v) is 2.87. The van der Waals surface area contributed by atoms with Crippen LogP contribution >= 0.6 is 0 Å². The second-order valence-electron chi connectivity index (χ2n) is 8.91. The zero-order valence-electron chi connectivity index (χ0n) is 15.5. The summed E-state index contributed by atoms with van der Waals surface area (Å²) in [5, 5.41) is 0. The van der Waals surface area contributed by atoms with Gasteiger partial charge in [0.1, 0.15) is 0 Å². The van der Waals surface area contributed by atoms with Gasteiger partial charge >= 0.3 is 0 Å². The molecule has 0 aliphatic carbocycles. The number of unbranched alkanes of at least 4 members (excludes halogenated alkanes) is 3. The third-order valence-electron chi connectivity index (χ3n) is 4.96. The van der Waals surface area contributed by atoms with Crippen molar-refractivity contribution < 1.29 is 0 Å². The Morgan fingerprint density at radius 3 is 1.70 bits per heavy atom. The predicted octanol–water partition coefficient (Wildman–Crippen LogP) is 7.29. The Hall–Kier alpha value is 0. The van der Waals surface area contributed by atoms with E-state index in [4.69, 9.17) is 0 Å². The Balaban J connectivity index is 4.12. The first-order valence-electron chi connectivity index (χ1n) is 8.92. The molecule has 0 aromatic rings. The molecule has 0 nitrogen and oxygen atoms in total. The van der Waals surface area contributed by atoms with E-state index in [1.807, 2.05) is 0 Å². The minimum absolute atomic E-state index is 0.359. The van der Waals surface area contributed by atoms with Crippen LogP contribution in [-0.4, -0.2) is 0 Å². The fourth-order valence-electron chi connectivity index (χ4n) is 2.87. The predicted molar refractivity (Wildman–Crippen MR) is 93.9 cm³/mol. The van der Waals surface area contributed by atoms with Gasteiger partial charge < -0.3 is 0 Å². The lowest BCUT2D eigenvalue weighted by atomic mass is 9.73. The van der Waals surface area contributed by atoms with Gasteiger partial charge in [0.05, 0.1) is 0 Å². The van der Waals surface area contributed by atoms with E-state index in [0.717, 1.165) is 5.92 Å². The van der Waals surface area contributed by atoms with Crippen LogP contribution in [0.3, 0.4) is 0 Å². The first-order chi connectivity index (χ1) is 9.09. The van der Waals surface area contributed by atoms with Crippen LogP contribution in [0, 0.1) is 29.6 Å². The topological polar surface area (TPSA) is 0 Å². The van der Waals surface area contributed by atoms with Gasteiger partial charge in [0.25, 0.3) is 0 Å². The van der Waals surface area contributed by atoms with E-state index < -0.39 is 0 Å². The molecule has 0 spiro atoms. The number of hydrogen-bond donors (Lipinski definition) is 0. The molecule has 0 rings (SSSR count). The normalized spacial score (nSPS) is 16.2. The molecule has 0 amide bonds. The zero-order chi connectivity index (χ0) is 15.8. The molecule has 121 valence electrons. The Bertz CT molecular complexity index is 225. The molecule has 2 atom stereocenters. The van der Waals surface area contributed by atoms with Crippen molar-refractivity contribution in [2.45, 2.75) is 99.8 Å². The zero-order valence-corrected chi connectivity index (χ0v) is 15.5. The van der Waals surface area contributed by atoms with Gasteiger partial charge in [0.15, 0.2) is 0 Å². The van der Waals surface area contributed by atoms with Gasteiger partial charge in [0, 0.05) is 0 Å². The van der Waals surface area contributed by atoms with E-state index in [0.29, 0.717) is 16.7 Å². The molecule has 0 heteroatoms. The highest BCUT2D eigenvalue weighted by Crippen LogP contribution is 2.36. The van der Waals surface area contributed by atoms with Crippen LogP contribution < -0.4 is 0 Å². The van der Waals surface area contributed by atoms with Crippen molar-refractivity contribution >= 4 is 0 Å². The monoisotopic (exact) mass is 281 g/mol. The Kier molecular flexibility index (Phi) is 9.11. The van der Waals surface area contributed by atoms with Crippen LogP contribution in [0.2, 0.25) is 0 Å². The molecule has 2 unspecified atom stereocenters. The van der Waals surface area contributed by atoms with E-state index in [-0.39, 0.29) is 0 Å². The third kappa shape index (κ3) is 9.03. The summed E-state index contributed by atoms with van der Waals surface area (Å²) in [6.07, 6.45) is 11.0. The summed E-state index contributed by atoms with van der Waals surface area (Å²) in [4.78, 5) is 0. The first-order valence-corrected chi connectivity index (χ1v) is 8.92. The van der Waals surface area contributed by atoms with Crippen molar-refractivity contribution in [1.82, 2.24) is 0 Å². The molecule has 0 saturated heterocycles. The summed E-state index contributed by atoms with van der Waals surface area (Å²) >= 11 is 0. The van der Waals surface area contributed by atoms with Crippen molar-refractivity contribution in [2.24, 2.45) is 22.7 Å². The second-order valence-corrected chi connectivity index (χ2v) is 8.91. The molecule has 0 bridgehead atoms. The summed E-state index contributed by atoms with van der Waals surface area (Å²) in [6.45, 7) is 20.9. The summed E-state index contributed by atoms with van der Waals surface area (Å²) < 4.78 is 0. The van der Waals surface area contributed by atoms with Crippen LogP contribution in [-0.2, 0) is 0 Å². The minimum atomic E-state index is 0.359. The van der Waals surface area contributed by atoms with Gasteiger partial charge in [-0.15, -0.1) is 0 Å². The van der Waals surface area contributed by atoms with Gasteiger partial charge in [-0.05, 0) is 48.9 Å². The molecular weight excluding hydrogens is 240 g/mol. The smallest absolute Gasteiger partial charge is 0.0354 e. The fraction of sp³-hybridized carbons (Fsp3) is 0.950. The van der Waals surface area contributed by atoms with Crippen molar-refractivity contribution in [1.29, 1.82) is 0 Å². The maximum Gasteiger partial charge on any atom is -0.0354 e. The van der Waals surface area contributed by atoms with E-state index in [1.54, 1.807) is 0 Å². The Morgan fingerprint density at radius 2 is 1.25 bits per heavy atom. The van der Waals surface area contributed by atoms with Gasteiger partial charge in [-0.3, -0.25) is 0 Å². The SMILES string of the molecule is [CH2]C(CCCC(CCCCCC)C(C)(C)C)C(C)(C)C. The molecule has 0 saturated carbocycles. The van der Waals surface area contributed by atoms with E-state index in [2.05, 4.69) is 55.4 Å². The maximum atomic E-state index is 4.35. The first kappa shape index (κ1) is 20.0. The second kappa shape index (κ2) is 9.11. The molecular formula is C20H41. The molecule has 0 aromatic carbocycles. The lowest BCUT2D eigenvalue weighted by Crippen LogP contribution is -2.22. The third-order valence-corrected chi connectivity index (χ3v) is 4.96. The van der Waals surface area contributed by atoms with Crippen LogP contribution in [0.4, 0.5) is 0 Å². The van der Waals surface area contributed by atoms with Crippen LogP contribution in [0.25, 0.3) is 0 Å². The Labute approximate surface area is 130 Å². The molecule has 20 heavy (non-hydrogen) atoms. The van der Waals surface area contributed by atoms with E-state index in [9.17, 15) is 0 Å². The molecule has 0 heterocycles. The average Bonchev–Trinajstić information content (AvgIpc) is 2.29. The molecule has 0 aliphatic rings. The lowest BCUT2D eigenvalue weighted by Gasteiger charge is -2.32. The van der Waals surface area contributed by atoms with E-state index >= 15 is 0 Å². The van der Waals surface area contributed by atoms with Gasteiger partial charge in [-0.25, -0.2) is 0 Å². The molecule has 0 aliphatic heterocycles. The van der Waals surface area contributed by atoms with Crippen LogP contribution in [0.1, 0.15) is 99.8 Å². The van der Waals surface area contributed by atoms with Gasteiger partial charge in [-0.1, -0.05) is 80.6 Å². The Morgan fingerprint density at radius 1 is 0.700 bits per heavy atom. The average molecular weight is 282 g/mol. The largest absolute Gasteiger partial charge is 0.0654 e. The minimum Gasteiger partial charge on any atom is -0.0654 e. The van der Waals surface area contributed by atoms with Crippen molar-refractivity contribution in [3.63, 3.8) is 0 Å². The molecule has 1 radical (unpaired) electrons. The maximum absolute atomic E-state index is 4.35. The number of rotatable bonds is 9. The van der Waals surface area contributed by atoms with Crippen LogP contribution in [0.5, 0.6) is 0 Å². The van der Waals surface area contributed by atoms with Crippen LogP contribution in [0.15, 0.2) is 0 Å². The van der Waals surface area contributed by atoms with E-state index in [1.165, 1.54) is 51.4 Å². The lowest BCUT2D eigenvalue weighted by molar-refractivity contribution is 0.190. The molecule has 0 N–H and O–H groups in total. The summed E-state index contributed by atoms with van der Waals surface area (Å²) in [5.74, 6) is 1.47. The quantitative estimate of drug-likeness (QED) is 0.389. The molecule has 0 fully saturated rings. The van der Waals surface area contributed by atoms with Crippen molar-refractivity contribution in [2.75, 3.05) is 0 Å². The molecule has 0 aromatic heterocycles. The highest BCUT2D eigenvalue weighted by molar-refractivity contribution is 4.78. The summed E-state index contributed by atoms with van der Waals surface area (Å²) in [6, 6.07) is 0. The highest BCUT2D eigenvalue weighted by atomic mass is 14.3. The highest BCUT2D eigenvalue weighted by Gasteiger charge is 2.25. The van der Waals surface area contributed by atoms with Crippen molar-refractivity contribution in [3.05, 3.63) is 6.92 Å². The number of hydrogen-bond acceptors (Lipinski definition) is 0. The summed E-state index contributed by atoms with van der Waals surface area (Å²) in [7, 11) is 0. The standard InChI is InChI=1S/C20H41/c1-9-10-11-12-15-18(20(6,7)8)16-13-14-17(2)19(3,4)5/h17-18H,2,9-16H2,1,3-8H3.